The van der Waals surface area contributed by atoms with Crippen molar-refractivity contribution in [1.29, 1.82) is 0 Å². The van der Waals surface area contributed by atoms with Crippen LogP contribution in [0.25, 0.3) is 11.0 Å². The van der Waals surface area contributed by atoms with Crippen molar-refractivity contribution in [2.24, 2.45) is 5.73 Å². The van der Waals surface area contributed by atoms with Gasteiger partial charge in [-0.2, -0.15) is 0 Å². The van der Waals surface area contributed by atoms with E-state index in [1.165, 1.54) is 6.07 Å². The third-order valence-corrected chi connectivity index (χ3v) is 4.05. The van der Waals surface area contributed by atoms with Gasteiger partial charge < -0.3 is 10.2 Å². The molecule has 1 heterocycles. The number of nitrogens with two attached hydrogens (primary N) is 1. The Kier molecular flexibility index (Phi) is 3.59. The Hall–Kier alpha value is -1.65. The van der Waals surface area contributed by atoms with Gasteiger partial charge >= 0.3 is 0 Å². The highest BCUT2D eigenvalue weighted by atomic mass is 79.9. The number of halogens is 2. The predicted octanol–water partition coefficient (Wildman–Crippen LogP) is 4.58. The molecule has 1 unspecified atom stereocenters. The van der Waals surface area contributed by atoms with E-state index < -0.39 is 0 Å². The first-order valence-electron chi connectivity index (χ1n) is 6.32. The van der Waals surface area contributed by atoms with Gasteiger partial charge in [0.25, 0.3) is 0 Å². The molecule has 3 rings (SSSR count). The Bertz CT molecular complexity index is 753. The van der Waals surface area contributed by atoms with Gasteiger partial charge in [0.05, 0.1) is 6.04 Å². The van der Waals surface area contributed by atoms with Crippen molar-refractivity contribution in [1.82, 2.24) is 0 Å². The average Bonchev–Trinajstić information content (AvgIpc) is 2.87. The lowest BCUT2D eigenvalue weighted by Gasteiger charge is -2.10. The molecule has 0 spiro atoms. The SMILES string of the molecule is NC(Cc1ccccc1Br)c1cc2cccc(F)c2o1. The first-order valence-corrected chi connectivity index (χ1v) is 7.11. The van der Waals surface area contributed by atoms with Gasteiger partial charge in [-0.3, -0.25) is 0 Å². The Morgan fingerprint density at radius 2 is 1.95 bits per heavy atom. The summed E-state index contributed by atoms with van der Waals surface area (Å²) in [6.07, 6.45) is 0.628. The standard InChI is InChI=1S/C16H13BrFNO/c17-12-6-2-1-4-10(12)8-14(19)15-9-11-5-3-7-13(18)16(11)20-15/h1-7,9,14H,8,19H2. The van der Waals surface area contributed by atoms with Gasteiger partial charge in [-0.25, -0.2) is 4.39 Å². The van der Waals surface area contributed by atoms with E-state index in [-0.39, 0.29) is 17.4 Å². The van der Waals surface area contributed by atoms with E-state index in [0.717, 1.165) is 15.4 Å². The molecule has 0 saturated heterocycles. The molecule has 2 aromatic carbocycles. The molecule has 102 valence electrons. The number of fused-ring (bicyclic) bond motifs is 1. The fraction of sp³-hybridized carbons (Fsp3) is 0.125. The Balaban J connectivity index is 1.91. The van der Waals surface area contributed by atoms with Crippen LogP contribution < -0.4 is 5.73 Å². The smallest absolute Gasteiger partial charge is 0.169 e. The second-order valence-corrected chi connectivity index (χ2v) is 5.56. The Morgan fingerprint density at radius 3 is 2.70 bits per heavy atom. The zero-order valence-electron chi connectivity index (χ0n) is 10.6. The minimum Gasteiger partial charge on any atom is -0.456 e. The molecule has 0 aliphatic carbocycles. The van der Waals surface area contributed by atoms with Crippen molar-refractivity contribution in [3.63, 3.8) is 0 Å². The number of hydrogen-bond acceptors (Lipinski definition) is 2. The van der Waals surface area contributed by atoms with E-state index in [4.69, 9.17) is 10.2 Å². The van der Waals surface area contributed by atoms with Crippen LogP contribution in [0.2, 0.25) is 0 Å². The fourth-order valence-electron chi connectivity index (χ4n) is 2.23. The van der Waals surface area contributed by atoms with Gasteiger partial charge in [0.15, 0.2) is 11.4 Å². The molecule has 0 fully saturated rings. The molecular formula is C16H13BrFNO. The molecule has 3 aromatic rings. The average molecular weight is 334 g/mol. The number of benzene rings is 2. The normalized spacial score (nSPS) is 12.8. The summed E-state index contributed by atoms with van der Waals surface area (Å²) in [7, 11) is 0. The zero-order chi connectivity index (χ0) is 14.1. The van der Waals surface area contributed by atoms with Crippen LogP contribution in [0.4, 0.5) is 4.39 Å². The van der Waals surface area contributed by atoms with Crippen LogP contribution in [0.15, 0.2) is 57.4 Å². The summed E-state index contributed by atoms with van der Waals surface area (Å²) in [5, 5.41) is 0.738. The topological polar surface area (TPSA) is 39.2 Å². The maximum Gasteiger partial charge on any atom is 0.169 e. The van der Waals surface area contributed by atoms with E-state index in [0.29, 0.717) is 12.2 Å². The third kappa shape index (κ3) is 2.49. The summed E-state index contributed by atoms with van der Waals surface area (Å²) >= 11 is 3.50. The van der Waals surface area contributed by atoms with Gasteiger partial charge in [0.2, 0.25) is 0 Å². The summed E-state index contributed by atoms with van der Waals surface area (Å²) in [5.74, 6) is 0.239. The van der Waals surface area contributed by atoms with E-state index >= 15 is 0 Å². The molecule has 2 N–H and O–H groups in total. The van der Waals surface area contributed by atoms with Crippen LogP contribution in [0.5, 0.6) is 0 Å². The summed E-state index contributed by atoms with van der Waals surface area (Å²) in [5.41, 5.74) is 7.54. The predicted molar refractivity (Wildman–Crippen MR) is 80.9 cm³/mol. The second-order valence-electron chi connectivity index (χ2n) is 4.71. The molecule has 1 aromatic heterocycles. The minimum absolute atomic E-state index is 0.269. The molecule has 1 atom stereocenters. The van der Waals surface area contributed by atoms with Crippen LogP contribution in [0.1, 0.15) is 17.4 Å². The van der Waals surface area contributed by atoms with Crippen LogP contribution in [-0.2, 0) is 6.42 Å². The van der Waals surface area contributed by atoms with Crippen molar-refractivity contribution in [3.8, 4) is 0 Å². The largest absolute Gasteiger partial charge is 0.456 e. The van der Waals surface area contributed by atoms with Crippen molar-refractivity contribution in [2.45, 2.75) is 12.5 Å². The molecule has 0 bridgehead atoms. The molecule has 0 aliphatic heterocycles. The Morgan fingerprint density at radius 1 is 1.15 bits per heavy atom. The van der Waals surface area contributed by atoms with Crippen LogP contribution in [0, 0.1) is 5.82 Å². The summed E-state index contributed by atoms with van der Waals surface area (Å²) in [4.78, 5) is 0. The van der Waals surface area contributed by atoms with E-state index in [1.807, 2.05) is 30.3 Å². The number of furan rings is 1. The lowest BCUT2D eigenvalue weighted by Crippen LogP contribution is -2.12. The maximum absolute atomic E-state index is 13.6. The Labute approximate surface area is 124 Å². The molecule has 4 heteroatoms. The quantitative estimate of drug-likeness (QED) is 0.762. The number of rotatable bonds is 3. The van der Waals surface area contributed by atoms with Crippen molar-refractivity contribution >= 4 is 26.9 Å². The molecular weight excluding hydrogens is 321 g/mol. The first kappa shape index (κ1) is 13.3. The zero-order valence-corrected chi connectivity index (χ0v) is 12.2. The fourth-order valence-corrected chi connectivity index (χ4v) is 2.68. The first-order chi connectivity index (χ1) is 9.65. The summed E-state index contributed by atoms with van der Waals surface area (Å²) in [6, 6.07) is 14.3. The van der Waals surface area contributed by atoms with Gasteiger partial charge in [0.1, 0.15) is 5.76 Å². The number of hydrogen-bond donors (Lipinski definition) is 1. The molecule has 0 saturated carbocycles. The lowest BCUT2D eigenvalue weighted by atomic mass is 10.0. The van der Waals surface area contributed by atoms with Gasteiger partial charge in [0, 0.05) is 9.86 Å². The lowest BCUT2D eigenvalue weighted by molar-refractivity contribution is 0.478. The monoisotopic (exact) mass is 333 g/mol. The highest BCUT2D eigenvalue weighted by Crippen LogP contribution is 2.28. The third-order valence-electron chi connectivity index (χ3n) is 3.28. The molecule has 0 aliphatic rings. The van der Waals surface area contributed by atoms with Crippen LogP contribution >= 0.6 is 15.9 Å². The molecule has 0 amide bonds. The van der Waals surface area contributed by atoms with E-state index in [2.05, 4.69) is 15.9 Å². The minimum atomic E-state index is -0.359. The maximum atomic E-state index is 13.6. The molecule has 20 heavy (non-hydrogen) atoms. The summed E-state index contributed by atoms with van der Waals surface area (Å²) < 4.78 is 20.2. The highest BCUT2D eigenvalue weighted by Gasteiger charge is 2.15. The number of para-hydroxylation sites is 1. The molecule has 2 nitrogen and oxygen atoms in total. The van der Waals surface area contributed by atoms with Gasteiger partial charge in [-0.05, 0) is 30.2 Å². The highest BCUT2D eigenvalue weighted by molar-refractivity contribution is 9.10. The van der Waals surface area contributed by atoms with Gasteiger partial charge in [-0.1, -0.05) is 46.3 Å². The van der Waals surface area contributed by atoms with Crippen molar-refractivity contribution < 1.29 is 8.81 Å². The van der Waals surface area contributed by atoms with Crippen LogP contribution in [-0.4, -0.2) is 0 Å². The molecule has 0 radical (unpaired) electrons. The van der Waals surface area contributed by atoms with E-state index in [9.17, 15) is 4.39 Å². The van der Waals surface area contributed by atoms with Crippen LogP contribution in [0.3, 0.4) is 0 Å². The van der Waals surface area contributed by atoms with E-state index in [1.54, 1.807) is 12.1 Å². The van der Waals surface area contributed by atoms with Crippen molar-refractivity contribution in [2.75, 3.05) is 0 Å². The van der Waals surface area contributed by atoms with Crippen molar-refractivity contribution in [3.05, 3.63) is 70.1 Å². The summed E-state index contributed by atoms with van der Waals surface area (Å²) in [6.45, 7) is 0. The second kappa shape index (κ2) is 5.38. The van der Waals surface area contributed by atoms with Gasteiger partial charge in [-0.15, -0.1) is 0 Å².